The van der Waals surface area contributed by atoms with Crippen molar-refractivity contribution in [3.63, 3.8) is 0 Å². The number of hydrogen-bond donors (Lipinski definition) is 1. The van der Waals surface area contributed by atoms with Crippen LogP contribution in [0.4, 0.5) is 13.2 Å². The zero-order valence-electron chi connectivity index (χ0n) is 9.43. The summed E-state index contributed by atoms with van der Waals surface area (Å²) in [6.07, 6.45) is 4.67. The van der Waals surface area contributed by atoms with Gasteiger partial charge in [0.15, 0.2) is 0 Å². The number of hydrogen-bond acceptors (Lipinski definition) is 1. The van der Waals surface area contributed by atoms with E-state index in [0.29, 0.717) is 0 Å². The quantitative estimate of drug-likeness (QED) is 0.734. The maximum absolute atomic E-state index is 12.4. The van der Waals surface area contributed by atoms with Gasteiger partial charge in [0, 0.05) is 5.57 Å². The van der Waals surface area contributed by atoms with Crippen molar-refractivity contribution in [3.05, 3.63) is 35.5 Å². The third kappa shape index (κ3) is 3.52. The van der Waals surface area contributed by atoms with E-state index >= 15 is 0 Å². The number of rotatable bonds is 3. The molecule has 1 atom stereocenters. The normalized spacial score (nSPS) is 19.6. The van der Waals surface area contributed by atoms with E-state index in [4.69, 9.17) is 0 Å². The molecule has 1 aliphatic rings. The Morgan fingerprint density at radius 1 is 1.44 bits per heavy atom. The van der Waals surface area contributed by atoms with Crippen molar-refractivity contribution in [2.24, 2.45) is 0 Å². The minimum atomic E-state index is -4.24. The summed E-state index contributed by atoms with van der Waals surface area (Å²) >= 11 is 0. The molecule has 1 rings (SSSR count). The highest BCUT2D eigenvalue weighted by molar-refractivity contribution is 5.33. The van der Waals surface area contributed by atoms with Gasteiger partial charge in [-0.25, -0.2) is 0 Å². The molecule has 0 aromatic carbocycles. The van der Waals surface area contributed by atoms with E-state index in [1.165, 1.54) is 6.08 Å². The summed E-state index contributed by atoms with van der Waals surface area (Å²) < 4.78 is 37.1. The lowest BCUT2D eigenvalue weighted by Crippen LogP contribution is -2.26. The van der Waals surface area contributed by atoms with E-state index in [0.717, 1.165) is 25.3 Å². The molecule has 1 nitrogen and oxygen atoms in total. The summed E-state index contributed by atoms with van der Waals surface area (Å²) in [5, 5.41) is 2.88. The molecule has 0 radical (unpaired) electrons. The van der Waals surface area contributed by atoms with Gasteiger partial charge in [0.2, 0.25) is 0 Å². The van der Waals surface area contributed by atoms with Crippen molar-refractivity contribution >= 4 is 0 Å². The van der Waals surface area contributed by atoms with Gasteiger partial charge in [-0.1, -0.05) is 24.3 Å². The van der Waals surface area contributed by atoms with Crippen LogP contribution in [0, 0.1) is 0 Å². The van der Waals surface area contributed by atoms with Crippen LogP contribution in [-0.2, 0) is 0 Å². The second-order valence-electron chi connectivity index (χ2n) is 3.80. The number of likely N-dealkylation sites (N-methyl/N-ethyl adjacent to an activating group) is 1. The number of halogens is 3. The Morgan fingerprint density at radius 3 is 2.56 bits per heavy atom. The average Bonchev–Trinajstić information content (AvgIpc) is 2.25. The summed E-state index contributed by atoms with van der Waals surface area (Å²) in [5.41, 5.74) is 0.337. The number of alkyl halides is 3. The molecular formula is C12H16F3N. The van der Waals surface area contributed by atoms with Gasteiger partial charge < -0.3 is 5.32 Å². The molecule has 0 spiro atoms. The molecule has 0 aromatic heterocycles. The number of allylic oxidation sites excluding steroid dienone is 3. The van der Waals surface area contributed by atoms with Gasteiger partial charge in [0.1, 0.15) is 0 Å². The first-order valence-electron chi connectivity index (χ1n) is 5.24. The molecule has 0 saturated carbocycles. The molecule has 1 unspecified atom stereocenters. The summed E-state index contributed by atoms with van der Waals surface area (Å²) in [7, 11) is 1.66. The van der Waals surface area contributed by atoms with Crippen LogP contribution in [0.15, 0.2) is 35.5 Å². The van der Waals surface area contributed by atoms with Crippen LogP contribution in [0.1, 0.15) is 19.8 Å². The fraction of sp³-hybridized carbons (Fsp3) is 0.500. The Bertz CT molecular complexity index is 324. The van der Waals surface area contributed by atoms with E-state index in [1.54, 1.807) is 7.05 Å². The SMILES string of the molecule is CNC(/C=C(\C)C(F)(F)F)C1=CCCC=C1. The molecule has 0 heterocycles. The Morgan fingerprint density at radius 2 is 2.12 bits per heavy atom. The van der Waals surface area contributed by atoms with Crippen LogP contribution < -0.4 is 5.32 Å². The second-order valence-corrected chi connectivity index (χ2v) is 3.80. The highest BCUT2D eigenvalue weighted by atomic mass is 19.4. The predicted molar refractivity (Wildman–Crippen MR) is 59.1 cm³/mol. The zero-order chi connectivity index (χ0) is 12.2. The standard InChI is InChI=1S/C12H16F3N/c1-9(12(13,14)15)8-11(16-2)10-6-4-3-5-7-10/h4,6-8,11,16H,3,5H2,1-2H3/b9-8+. The van der Waals surface area contributed by atoms with E-state index in [-0.39, 0.29) is 6.04 Å². The molecule has 0 saturated heterocycles. The van der Waals surface area contributed by atoms with E-state index in [2.05, 4.69) is 5.32 Å². The van der Waals surface area contributed by atoms with Crippen LogP contribution in [0.5, 0.6) is 0 Å². The first kappa shape index (κ1) is 13.0. The molecule has 0 aromatic rings. The Balaban J connectivity index is 2.83. The fourth-order valence-corrected chi connectivity index (χ4v) is 1.56. The predicted octanol–water partition coefficient (Wildman–Crippen LogP) is 3.36. The van der Waals surface area contributed by atoms with Gasteiger partial charge >= 0.3 is 6.18 Å². The minimum Gasteiger partial charge on any atom is -0.310 e. The lowest BCUT2D eigenvalue weighted by molar-refractivity contribution is -0.0916. The first-order chi connectivity index (χ1) is 7.45. The molecule has 0 aliphatic heterocycles. The van der Waals surface area contributed by atoms with Crippen molar-refractivity contribution in [2.45, 2.75) is 32.0 Å². The van der Waals surface area contributed by atoms with Gasteiger partial charge in [0.25, 0.3) is 0 Å². The first-order valence-corrected chi connectivity index (χ1v) is 5.24. The number of nitrogens with one attached hydrogen (secondary N) is 1. The van der Waals surface area contributed by atoms with E-state index < -0.39 is 11.7 Å². The Hall–Kier alpha value is -1.03. The molecule has 1 N–H and O–H groups in total. The van der Waals surface area contributed by atoms with Gasteiger partial charge in [-0.15, -0.1) is 0 Å². The lowest BCUT2D eigenvalue weighted by Gasteiger charge is -2.18. The molecule has 0 amide bonds. The second kappa shape index (κ2) is 5.34. The molecule has 0 fully saturated rings. The van der Waals surface area contributed by atoms with Crippen LogP contribution in [0.2, 0.25) is 0 Å². The maximum Gasteiger partial charge on any atom is 0.412 e. The van der Waals surface area contributed by atoms with E-state index in [9.17, 15) is 13.2 Å². The van der Waals surface area contributed by atoms with Gasteiger partial charge in [-0.05, 0) is 32.4 Å². The minimum absolute atomic E-state index is 0.363. The summed E-state index contributed by atoms with van der Waals surface area (Å²) in [6, 6.07) is -0.363. The van der Waals surface area contributed by atoms with Crippen molar-refractivity contribution in [1.82, 2.24) is 5.32 Å². The lowest BCUT2D eigenvalue weighted by atomic mass is 9.98. The summed E-state index contributed by atoms with van der Waals surface area (Å²) in [4.78, 5) is 0. The van der Waals surface area contributed by atoms with Crippen LogP contribution in [0.25, 0.3) is 0 Å². The summed E-state index contributed by atoms with van der Waals surface area (Å²) in [5.74, 6) is 0. The highest BCUT2D eigenvalue weighted by Crippen LogP contribution is 2.26. The smallest absolute Gasteiger partial charge is 0.310 e. The third-order valence-corrected chi connectivity index (χ3v) is 2.56. The monoisotopic (exact) mass is 231 g/mol. The Kier molecular flexibility index (Phi) is 4.35. The summed E-state index contributed by atoms with van der Waals surface area (Å²) in [6.45, 7) is 1.09. The molecule has 4 heteroatoms. The van der Waals surface area contributed by atoms with Crippen LogP contribution in [0.3, 0.4) is 0 Å². The van der Waals surface area contributed by atoms with Crippen molar-refractivity contribution in [2.75, 3.05) is 7.05 Å². The molecular weight excluding hydrogens is 215 g/mol. The van der Waals surface area contributed by atoms with Gasteiger partial charge in [0.05, 0.1) is 6.04 Å². The molecule has 0 bridgehead atoms. The zero-order valence-corrected chi connectivity index (χ0v) is 9.43. The maximum atomic E-state index is 12.4. The molecule has 16 heavy (non-hydrogen) atoms. The fourth-order valence-electron chi connectivity index (χ4n) is 1.56. The largest absolute Gasteiger partial charge is 0.412 e. The van der Waals surface area contributed by atoms with Crippen LogP contribution in [-0.4, -0.2) is 19.3 Å². The van der Waals surface area contributed by atoms with Gasteiger partial charge in [-0.2, -0.15) is 13.2 Å². The van der Waals surface area contributed by atoms with Crippen molar-refractivity contribution in [3.8, 4) is 0 Å². The molecule has 90 valence electrons. The highest BCUT2D eigenvalue weighted by Gasteiger charge is 2.30. The van der Waals surface area contributed by atoms with Crippen molar-refractivity contribution in [1.29, 1.82) is 0 Å². The third-order valence-electron chi connectivity index (χ3n) is 2.56. The van der Waals surface area contributed by atoms with Crippen LogP contribution >= 0.6 is 0 Å². The topological polar surface area (TPSA) is 12.0 Å². The van der Waals surface area contributed by atoms with E-state index in [1.807, 2.05) is 18.2 Å². The molecule has 1 aliphatic carbocycles. The Labute approximate surface area is 93.7 Å². The van der Waals surface area contributed by atoms with Gasteiger partial charge in [-0.3, -0.25) is 0 Å². The average molecular weight is 231 g/mol. The van der Waals surface area contributed by atoms with Crippen molar-refractivity contribution < 1.29 is 13.2 Å².